The molecule has 0 radical (unpaired) electrons. The first-order chi connectivity index (χ1) is 12.6. The number of rotatable bonds is 6. The summed E-state index contributed by atoms with van der Waals surface area (Å²) in [4.78, 5) is 22.6. The molecule has 3 rings (SSSR count). The molecular formula is C15H13FIN7O2. The van der Waals surface area contributed by atoms with Crippen molar-refractivity contribution >= 4 is 40.0 Å². The standard InChI is InChI=1S/C15H13FIN7O2/c16-10-2-1-9(3-8(10)4-17)22-14(18)13-11(23-26-24-13)6-20-15(25)12-5-19-7-21-12/h1-3,5,7H,4,6H2,(H2,18,22)(H,19,21)(H,20,25). The van der Waals surface area contributed by atoms with Gasteiger partial charge in [-0.05, 0) is 28.9 Å². The Balaban J connectivity index is 1.75. The van der Waals surface area contributed by atoms with Crippen LogP contribution in [0.4, 0.5) is 10.1 Å². The van der Waals surface area contributed by atoms with Gasteiger partial charge in [0.1, 0.15) is 17.2 Å². The van der Waals surface area contributed by atoms with Crippen LogP contribution < -0.4 is 11.1 Å². The minimum absolute atomic E-state index is 0.0370. The number of imidazole rings is 1. The molecule has 4 N–H and O–H groups in total. The van der Waals surface area contributed by atoms with Crippen molar-refractivity contribution < 1.29 is 13.8 Å². The lowest BCUT2D eigenvalue weighted by Gasteiger charge is -2.03. The number of nitrogens with zero attached hydrogens (tertiary/aromatic N) is 4. The summed E-state index contributed by atoms with van der Waals surface area (Å²) in [5, 5.41) is 10.1. The highest BCUT2D eigenvalue weighted by Crippen LogP contribution is 2.20. The number of carbonyl (C=O) groups is 1. The summed E-state index contributed by atoms with van der Waals surface area (Å²) < 4.78 is 18.8. The highest BCUT2D eigenvalue weighted by atomic mass is 127. The van der Waals surface area contributed by atoms with E-state index >= 15 is 0 Å². The predicted octanol–water partition coefficient (Wildman–Crippen LogP) is 1.83. The van der Waals surface area contributed by atoms with Gasteiger partial charge in [0.15, 0.2) is 11.5 Å². The number of H-pyrrole nitrogens is 1. The number of hydrogen-bond acceptors (Lipinski definition) is 6. The van der Waals surface area contributed by atoms with Crippen LogP contribution in [0.3, 0.4) is 0 Å². The van der Waals surface area contributed by atoms with Gasteiger partial charge < -0.3 is 16.0 Å². The summed E-state index contributed by atoms with van der Waals surface area (Å²) >= 11 is 2.06. The average Bonchev–Trinajstić information content (AvgIpc) is 3.33. The number of carbonyl (C=O) groups excluding carboxylic acids is 1. The highest BCUT2D eigenvalue weighted by molar-refractivity contribution is 14.1. The zero-order valence-electron chi connectivity index (χ0n) is 13.2. The number of amides is 1. The van der Waals surface area contributed by atoms with Crippen molar-refractivity contribution in [1.29, 1.82) is 0 Å². The second-order valence-corrected chi connectivity index (χ2v) is 5.88. The largest absolute Gasteiger partial charge is 0.382 e. The molecular weight excluding hydrogens is 456 g/mol. The highest BCUT2D eigenvalue weighted by Gasteiger charge is 2.16. The molecule has 9 nitrogen and oxygen atoms in total. The first-order valence-corrected chi connectivity index (χ1v) is 8.88. The van der Waals surface area contributed by atoms with E-state index in [0.717, 1.165) is 0 Å². The fourth-order valence-electron chi connectivity index (χ4n) is 2.08. The maximum Gasteiger partial charge on any atom is 0.269 e. The van der Waals surface area contributed by atoms with Gasteiger partial charge in [0.2, 0.25) is 0 Å². The molecule has 11 heteroatoms. The van der Waals surface area contributed by atoms with Gasteiger partial charge in [0.25, 0.3) is 5.91 Å². The smallest absolute Gasteiger partial charge is 0.269 e. The van der Waals surface area contributed by atoms with Crippen LogP contribution in [0.25, 0.3) is 0 Å². The lowest BCUT2D eigenvalue weighted by atomic mass is 10.2. The summed E-state index contributed by atoms with van der Waals surface area (Å²) in [6, 6.07) is 4.43. The van der Waals surface area contributed by atoms with Crippen molar-refractivity contribution in [3.8, 4) is 0 Å². The van der Waals surface area contributed by atoms with Crippen LogP contribution in [-0.2, 0) is 11.0 Å². The number of halogens is 2. The molecule has 0 spiro atoms. The Bertz CT molecular complexity index is 939. The Hall–Kier alpha value is -2.83. The number of hydrogen-bond donors (Lipinski definition) is 3. The summed E-state index contributed by atoms with van der Waals surface area (Å²) in [6.45, 7) is 0.0370. The van der Waals surface area contributed by atoms with Crippen LogP contribution in [0, 0.1) is 5.82 Å². The fourth-order valence-corrected chi connectivity index (χ4v) is 2.67. The van der Waals surface area contributed by atoms with Crippen molar-refractivity contribution in [3.63, 3.8) is 0 Å². The third kappa shape index (κ3) is 4.04. The number of alkyl halides is 1. The number of amidine groups is 1. The molecule has 2 heterocycles. The molecule has 3 aromatic rings. The van der Waals surface area contributed by atoms with Crippen molar-refractivity contribution in [2.75, 3.05) is 0 Å². The molecule has 0 bridgehead atoms. The van der Waals surface area contributed by atoms with E-state index in [1.54, 1.807) is 6.07 Å². The van der Waals surface area contributed by atoms with Crippen LogP contribution in [-0.4, -0.2) is 32.0 Å². The summed E-state index contributed by atoms with van der Waals surface area (Å²) in [7, 11) is 0. The predicted molar refractivity (Wildman–Crippen MR) is 98.6 cm³/mol. The molecule has 1 aromatic carbocycles. The third-order valence-electron chi connectivity index (χ3n) is 3.38. The lowest BCUT2D eigenvalue weighted by molar-refractivity contribution is 0.0945. The quantitative estimate of drug-likeness (QED) is 0.218. The number of nitrogens with two attached hydrogens (primary N) is 1. The Morgan fingerprint density at radius 3 is 3.00 bits per heavy atom. The van der Waals surface area contributed by atoms with E-state index in [4.69, 9.17) is 10.4 Å². The average molecular weight is 469 g/mol. The molecule has 0 unspecified atom stereocenters. The first-order valence-electron chi connectivity index (χ1n) is 7.35. The van der Waals surface area contributed by atoms with E-state index in [0.29, 0.717) is 27.1 Å². The molecule has 26 heavy (non-hydrogen) atoms. The lowest BCUT2D eigenvalue weighted by Crippen LogP contribution is -2.25. The van der Waals surface area contributed by atoms with E-state index in [1.807, 2.05) is 0 Å². The summed E-state index contributed by atoms with van der Waals surface area (Å²) in [5.74, 6) is -0.623. The van der Waals surface area contributed by atoms with Crippen LogP contribution >= 0.6 is 22.6 Å². The zero-order chi connectivity index (χ0) is 18.5. The maximum absolute atomic E-state index is 13.6. The molecule has 0 atom stereocenters. The molecule has 1 amide bonds. The number of benzene rings is 1. The van der Waals surface area contributed by atoms with E-state index < -0.39 is 0 Å². The van der Waals surface area contributed by atoms with Crippen molar-refractivity contribution in [2.24, 2.45) is 10.7 Å². The topological polar surface area (TPSA) is 135 Å². The van der Waals surface area contributed by atoms with Gasteiger partial charge in [0, 0.05) is 4.43 Å². The van der Waals surface area contributed by atoms with Gasteiger partial charge >= 0.3 is 0 Å². The first kappa shape index (κ1) is 18.0. The monoisotopic (exact) mass is 469 g/mol. The SMILES string of the molecule is NC(=Nc1ccc(F)c(CI)c1)c1nonc1CNC(=O)c1cnc[nH]1. The molecule has 0 fully saturated rings. The Kier molecular flexibility index (Phi) is 5.55. The summed E-state index contributed by atoms with van der Waals surface area (Å²) in [6.07, 6.45) is 2.79. The van der Waals surface area contributed by atoms with E-state index in [-0.39, 0.29) is 29.8 Å². The van der Waals surface area contributed by atoms with E-state index in [9.17, 15) is 9.18 Å². The van der Waals surface area contributed by atoms with Crippen LogP contribution in [0.2, 0.25) is 0 Å². The van der Waals surface area contributed by atoms with E-state index in [1.165, 1.54) is 24.7 Å². The van der Waals surface area contributed by atoms with Gasteiger partial charge in [-0.1, -0.05) is 27.7 Å². The van der Waals surface area contributed by atoms with E-state index in [2.05, 4.69) is 53.2 Å². The number of nitrogens with one attached hydrogen (secondary N) is 2. The Morgan fingerprint density at radius 1 is 1.42 bits per heavy atom. The second kappa shape index (κ2) is 8.03. The van der Waals surface area contributed by atoms with Gasteiger partial charge in [-0.2, -0.15) is 0 Å². The van der Waals surface area contributed by atoms with Crippen LogP contribution in [0.1, 0.15) is 27.4 Å². The van der Waals surface area contributed by atoms with Gasteiger partial charge in [-0.3, -0.25) is 4.79 Å². The van der Waals surface area contributed by atoms with Crippen molar-refractivity contribution in [3.05, 3.63) is 59.2 Å². The van der Waals surface area contributed by atoms with Gasteiger partial charge in [-0.25, -0.2) is 19.0 Å². The molecule has 2 aromatic heterocycles. The molecule has 0 saturated heterocycles. The Labute approximate surface area is 160 Å². The fraction of sp³-hybridized carbons (Fsp3) is 0.133. The minimum Gasteiger partial charge on any atom is -0.382 e. The summed E-state index contributed by atoms with van der Waals surface area (Å²) in [5.41, 5.74) is 7.79. The minimum atomic E-state index is -0.364. The second-order valence-electron chi connectivity index (χ2n) is 5.11. The van der Waals surface area contributed by atoms with Crippen LogP contribution in [0.15, 0.2) is 40.3 Å². The van der Waals surface area contributed by atoms with Crippen LogP contribution in [0.5, 0.6) is 0 Å². The normalized spacial score (nSPS) is 11.5. The molecule has 0 aliphatic heterocycles. The zero-order valence-corrected chi connectivity index (χ0v) is 15.4. The molecule has 0 aliphatic rings. The number of aromatic nitrogens is 4. The van der Waals surface area contributed by atoms with Gasteiger partial charge in [0.05, 0.1) is 24.8 Å². The molecule has 0 saturated carbocycles. The number of aromatic amines is 1. The van der Waals surface area contributed by atoms with Crippen molar-refractivity contribution in [1.82, 2.24) is 25.6 Å². The Morgan fingerprint density at radius 2 is 2.27 bits per heavy atom. The molecule has 134 valence electrons. The van der Waals surface area contributed by atoms with Gasteiger partial charge in [-0.15, -0.1) is 0 Å². The maximum atomic E-state index is 13.6. The number of aliphatic imine (C=N–C) groups is 1. The third-order valence-corrected chi connectivity index (χ3v) is 4.20. The molecule has 0 aliphatic carbocycles. The van der Waals surface area contributed by atoms with Crippen molar-refractivity contribution in [2.45, 2.75) is 11.0 Å².